The van der Waals surface area contributed by atoms with E-state index in [0.717, 1.165) is 11.1 Å². The molecule has 8 aromatic rings. The van der Waals surface area contributed by atoms with E-state index in [1.165, 1.54) is 8.80 Å². The molecule has 0 radical (unpaired) electrons. The highest BCUT2D eigenvalue weighted by atomic mass is 35.5. The molecular weight excluding hydrogens is 699 g/mol. The van der Waals surface area contributed by atoms with Crippen LogP contribution in [-0.2, 0) is 0 Å². The van der Waals surface area contributed by atoms with Crippen molar-refractivity contribution < 1.29 is 10.2 Å². The molecule has 4 aromatic carbocycles. The van der Waals surface area contributed by atoms with Gasteiger partial charge in [-0.2, -0.15) is 10.5 Å². The van der Waals surface area contributed by atoms with E-state index in [2.05, 4.69) is 42.6 Å². The van der Waals surface area contributed by atoms with Gasteiger partial charge in [0.1, 0.15) is 34.6 Å². The van der Waals surface area contributed by atoms with Crippen LogP contribution in [-0.4, -0.2) is 29.0 Å². The molecular formula is C38H22Cl2N10O2. The van der Waals surface area contributed by atoms with Gasteiger partial charge < -0.3 is 10.2 Å². The lowest BCUT2D eigenvalue weighted by atomic mass is 10.0. The molecule has 12 nitrogen and oxygen atoms in total. The fourth-order valence-electron chi connectivity index (χ4n) is 6.19. The van der Waals surface area contributed by atoms with Gasteiger partial charge in [0.15, 0.2) is 22.7 Å². The summed E-state index contributed by atoms with van der Waals surface area (Å²) in [5.41, 5.74) is 6.96. The number of hydrogen-bond acceptors (Lipinski definition) is 10. The Morgan fingerprint density at radius 2 is 1.00 bits per heavy atom. The first-order valence-corrected chi connectivity index (χ1v) is 16.4. The Morgan fingerprint density at radius 3 is 1.38 bits per heavy atom. The average Bonchev–Trinajstić information content (AvgIpc) is 3.72. The fourth-order valence-corrected chi connectivity index (χ4v) is 6.62. The number of imidazole rings is 2. The Morgan fingerprint density at radius 1 is 0.596 bits per heavy atom. The lowest BCUT2D eigenvalue weighted by Crippen LogP contribution is -1.95. The normalized spacial score (nSPS) is 11.8. The summed E-state index contributed by atoms with van der Waals surface area (Å²) in [4.78, 5) is 9.06. The highest BCUT2D eigenvalue weighted by Crippen LogP contribution is 2.41. The smallest absolute Gasteiger partial charge is 0.226 e. The third-order valence-electron chi connectivity index (χ3n) is 8.84. The van der Waals surface area contributed by atoms with E-state index in [1.54, 1.807) is 74.5 Å². The van der Waals surface area contributed by atoms with Crippen LogP contribution in [0.2, 0.25) is 10.0 Å². The van der Waals surface area contributed by atoms with Gasteiger partial charge in [0.05, 0.1) is 32.1 Å². The minimum atomic E-state index is -0.199. The van der Waals surface area contributed by atoms with Gasteiger partial charge in [-0.15, -0.1) is 20.5 Å². The van der Waals surface area contributed by atoms with E-state index in [1.807, 2.05) is 24.3 Å². The van der Waals surface area contributed by atoms with Crippen molar-refractivity contribution in [2.45, 2.75) is 13.8 Å². The second-order valence-electron chi connectivity index (χ2n) is 11.8. The molecule has 4 aromatic heterocycles. The van der Waals surface area contributed by atoms with Crippen LogP contribution in [0.5, 0.6) is 11.8 Å². The highest BCUT2D eigenvalue weighted by Gasteiger charge is 2.22. The maximum Gasteiger partial charge on any atom is 0.226 e. The van der Waals surface area contributed by atoms with E-state index in [4.69, 9.17) is 23.2 Å². The molecule has 0 unspecified atom stereocenters. The fraction of sp³-hybridized carbons (Fsp3) is 0.0526. The Balaban J connectivity index is 1.10. The van der Waals surface area contributed by atoms with Crippen molar-refractivity contribution in [2.75, 3.05) is 0 Å². The van der Waals surface area contributed by atoms with E-state index in [9.17, 15) is 20.7 Å². The highest BCUT2D eigenvalue weighted by molar-refractivity contribution is 6.34. The van der Waals surface area contributed by atoms with Gasteiger partial charge in [-0.3, -0.25) is 8.80 Å². The molecule has 0 spiro atoms. The van der Waals surface area contributed by atoms with E-state index in [-0.39, 0.29) is 44.3 Å². The maximum absolute atomic E-state index is 11.2. The molecule has 52 heavy (non-hydrogen) atoms. The van der Waals surface area contributed by atoms with Crippen LogP contribution >= 0.6 is 23.2 Å². The molecule has 0 fully saturated rings. The summed E-state index contributed by atoms with van der Waals surface area (Å²) >= 11 is 13.3. The first-order chi connectivity index (χ1) is 25.2. The summed E-state index contributed by atoms with van der Waals surface area (Å²) in [7, 11) is 0. The van der Waals surface area contributed by atoms with Crippen molar-refractivity contribution in [3.8, 4) is 35.0 Å². The summed E-state index contributed by atoms with van der Waals surface area (Å²) < 4.78 is 2.97. The van der Waals surface area contributed by atoms with Gasteiger partial charge in [-0.25, -0.2) is 9.97 Å². The maximum atomic E-state index is 11.2. The number of aromatic hydroxyl groups is 2. The minimum Gasteiger partial charge on any atom is -0.493 e. The van der Waals surface area contributed by atoms with Crippen LogP contribution in [0, 0.1) is 36.5 Å². The van der Waals surface area contributed by atoms with E-state index < -0.39 is 0 Å². The number of nitrogens with zero attached hydrogens (tertiary/aromatic N) is 10. The Labute approximate surface area is 304 Å². The van der Waals surface area contributed by atoms with Gasteiger partial charge in [0.2, 0.25) is 11.8 Å². The third-order valence-corrected chi connectivity index (χ3v) is 9.45. The second kappa shape index (κ2) is 12.5. The van der Waals surface area contributed by atoms with Gasteiger partial charge in [-0.05, 0) is 73.5 Å². The van der Waals surface area contributed by atoms with Gasteiger partial charge >= 0.3 is 0 Å². The van der Waals surface area contributed by atoms with E-state index in [0.29, 0.717) is 55.9 Å². The molecule has 0 aliphatic rings. The predicted molar refractivity (Wildman–Crippen MR) is 198 cm³/mol. The Kier molecular flexibility index (Phi) is 7.76. The summed E-state index contributed by atoms with van der Waals surface area (Å²) in [6.45, 7) is 3.36. The lowest BCUT2D eigenvalue weighted by molar-refractivity contribution is 0.448. The van der Waals surface area contributed by atoms with Crippen molar-refractivity contribution >= 4 is 79.3 Å². The second-order valence-corrected chi connectivity index (χ2v) is 12.6. The number of nitriles is 2. The first kappa shape index (κ1) is 32.4. The molecule has 0 amide bonds. The SMILES string of the molecule is Cc1c(N=Nc2ccc(-c3ccc(N=Nc4c(C)c(C#N)c5nc6ccccc6n5c4O)c(Cl)c3)cc2Cl)c(O)n2c(nc3ccccc32)c1C#N. The van der Waals surface area contributed by atoms with Crippen LogP contribution in [0.4, 0.5) is 22.7 Å². The molecule has 0 aliphatic carbocycles. The van der Waals surface area contributed by atoms with Crippen LogP contribution < -0.4 is 0 Å². The molecule has 250 valence electrons. The zero-order valence-electron chi connectivity index (χ0n) is 27.2. The number of para-hydroxylation sites is 4. The van der Waals surface area contributed by atoms with Crippen molar-refractivity contribution in [3.05, 3.63) is 117 Å². The average molecular weight is 722 g/mol. The zero-order chi connectivity index (χ0) is 36.3. The number of rotatable bonds is 5. The molecule has 0 bridgehead atoms. The number of pyridine rings is 2. The number of halogens is 2. The Bertz CT molecular complexity index is 2770. The predicted octanol–water partition coefficient (Wildman–Crippen LogP) is 10.9. The molecule has 4 heterocycles. The van der Waals surface area contributed by atoms with Crippen molar-refractivity contribution in [2.24, 2.45) is 20.5 Å². The summed E-state index contributed by atoms with van der Waals surface area (Å²) in [6.07, 6.45) is 0. The molecule has 14 heteroatoms. The number of aromatic nitrogens is 4. The largest absolute Gasteiger partial charge is 0.493 e. The van der Waals surface area contributed by atoms with Crippen molar-refractivity contribution in [1.29, 1.82) is 10.5 Å². The standard InChI is InChI=1S/C38H22Cl2N10O2/c1-19-23(17-41)35-43-29-7-3-5-9-31(29)49(35)37(51)33(19)47-45-27-13-11-21(15-25(27)39)22-12-14-28(26(40)16-22)46-48-34-20(2)24(18-42)36-44-30-8-4-6-10-32(30)50(36)38(34)52/h3-16,51-52H,1-2H3. The number of hydrogen-bond donors (Lipinski definition) is 2. The van der Waals surface area contributed by atoms with Crippen molar-refractivity contribution in [3.63, 3.8) is 0 Å². The number of fused-ring (bicyclic) bond motifs is 6. The first-order valence-electron chi connectivity index (χ1n) is 15.7. The van der Waals surface area contributed by atoms with Gasteiger partial charge in [-0.1, -0.05) is 59.6 Å². The Hall–Kier alpha value is -6.86. The number of benzene rings is 4. The molecule has 0 atom stereocenters. The molecule has 0 saturated carbocycles. The van der Waals surface area contributed by atoms with Crippen LogP contribution in [0.1, 0.15) is 22.3 Å². The van der Waals surface area contributed by atoms with Crippen LogP contribution in [0.3, 0.4) is 0 Å². The van der Waals surface area contributed by atoms with E-state index >= 15 is 0 Å². The topological polar surface area (TPSA) is 172 Å². The minimum absolute atomic E-state index is 0.120. The quantitative estimate of drug-likeness (QED) is 0.167. The molecule has 0 saturated heterocycles. The summed E-state index contributed by atoms with van der Waals surface area (Å²) in [5, 5.41) is 60.1. The van der Waals surface area contributed by atoms with Crippen LogP contribution in [0.15, 0.2) is 105 Å². The lowest BCUT2D eigenvalue weighted by Gasteiger charge is -2.10. The van der Waals surface area contributed by atoms with Gasteiger partial charge in [0, 0.05) is 11.1 Å². The summed E-state index contributed by atoms with van der Waals surface area (Å²) in [5.74, 6) is -0.398. The van der Waals surface area contributed by atoms with Gasteiger partial charge in [0.25, 0.3) is 0 Å². The summed E-state index contributed by atoms with van der Waals surface area (Å²) in [6, 6.07) is 29.2. The monoisotopic (exact) mass is 720 g/mol. The molecule has 8 rings (SSSR count). The number of azo groups is 2. The van der Waals surface area contributed by atoms with Crippen LogP contribution in [0.25, 0.3) is 44.5 Å². The molecule has 2 N–H and O–H groups in total. The zero-order valence-corrected chi connectivity index (χ0v) is 28.7. The van der Waals surface area contributed by atoms with Crippen molar-refractivity contribution in [1.82, 2.24) is 18.8 Å². The molecule has 0 aliphatic heterocycles. The third kappa shape index (κ3) is 5.05.